The van der Waals surface area contributed by atoms with Gasteiger partial charge in [0.1, 0.15) is 5.75 Å². The number of methoxy groups -OCH3 is 1. The number of nitrogens with two attached hydrogens (primary N) is 1. The molecule has 0 atom stereocenters. The van der Waals surface area contributed by atoms with Gasteiger partial charge >= 0.3 is 5.97 Å². The largest absolute Gasteiger partial charge is 0.482 e. The van der Waals surface area contributed by atoms with E-state index in [1.165, 1.54) is 77.7 Å². The van der Waals surface area contributed by atoms with Crippen molar-refractivity contribution in [1.82, 2.24) is 4.57 Å². The van der Waals surface area contributed by atoms with E-state index in [-0.39, 0.29) is 6.61 Å². The maximum absolute atomic E-state index is 12.5. The minimum absolute atomic E-state index is 0.191. The fraction of sp³-hybridized carbons (Fsp3) is 0.583. The first-order chi connectivity index (χ1) is 21.0. The highest BCUT2D eigenvalue weighted by Crippen LogP contribution is 2.37. The van der Waals surface area contributed by atoms with Crippen LogP contribution < -0.4 is 10.5 Å². The van der Waals surface area contributed by atoms with Gasteiger partial charge in [-0.2, -0.15) is 5.26 Å². The molecule has 0 saturated heterocycles. The Morgan fingerprint density at radius 1 is 0.860 bits per heavy atom. The quantitative estimate of drug-likeness (QED) is 0.0931. The number of benzene rings is 2. The summed E-state index contributed by atoms with van der Waals surface area (Å²) in [5, 5.41) is 10.6. The van der Waals surface area contributed by atoms with Crippen LogP contribution >= 0.6 is 0 Å². The third-order valence-electron chi connectivity index (χ3n) is 8.38. The van der Waals surface area contributed by atoms with Crippen molar-refractivity contribution in [3.63, 3.8) is 0 Å². The van der Waals surface area contributed by atoms with Gasteiger partial charge in [0.2, 0.25) is 5.91 Å². The number of aromatic nitrogens is 1. The van der Waals surface area contributed by atoms with Crippen molar-refractivity contribution in [1.29, 1.82) is 5.26 Å². The smallest absolute Gasteiger partial charge is 0.343 e. The number of carbonyl (C=O) groups excluding carboxylic acids is 2. The maximum atomic E-state index is 12.5. The van der Waals surface area contributed by atoms with Gasteiger partial charge in [0.15, 0.2) is 6.61 Å². The number of hydrogen-bond acceptors (Lipinski definition) is 5. The Morgan fingerprint density at radius 2 is 1.51 bits per heavy atom. The normalized spacial score (nSPS) is 11.2. The molecule has 7 heteroatoms. The van der Waals surface area contributed by atoms with Gasteiger partial charge in [0, 0.05) is 40.3 Å². The molecule has 1 aromatic heterocycles. The average molecular weight is 590 g/mol. The Hall–Kier alpha value is -3.53. The molecular formula is C36H51N3O4. The predicted molar refractivity (Wildman–Crippen MR) is 174 cm³/mol. The molecule has 3 rings (SSSR count). The molecule has 234 valence electrons. The van der Waals surface area contributed by atoms with Crippen molar-refractivity contribution in [3.05, 3.63) is 41.5 Å². The van der Waals surface area contributed by atoms with Crippen molar-refractivity contribution in [2.45, 2.75) is 123 Å². The van der Waals surface area contributed by atoms with Crippen molar-refractivity contribution in [2.24, 2.45) is 5.73 Å². The van der Waals surface area contributed by atoms with Crippen molar-refractivity contribution in [3.8, 4) is 11.8 Å². The highest BCUT2D eigenvalue weighted by Gasteiger charge is 2.19. The molecule has 0 radical (unpaired) electrons. The van der Waals surface area contributed by atoms with E-state index in [1.807, 2.05) is 12.1 Å². The monoisotopic (exact) mass is 589 g/mol. The molecule has 0 aliphatic rings. The molecule has 1 amide bonds. The van der Waals surface area contributed by atoms with E-state index in [1.54, 1.807) is 6.07 Å². The molecule has 0 aliphatic heterocycles. The lowest BCUT2D eigenvalue weighted by molar-refractivity contribution is -0.142. The average Bonchev–Trinajstić information content (AvgIpc) is 3.32. The molecule has 2 aromatic carbocycles. The maximum Gasteiger partial charge on any atom is 0.343 e. The molecule has 7 nitrogen and oxygen atoms in total. The van der Waals surface area contributed by atoms with E-state index in [4.69, 9.17) is 20.5 Å². The van der Waals surface area contributed by atoms with E-state index in [0.717, 1.165) is 66.0 Å². The van der Waals surface area contributed by atoms with Gasteiger partial charge < -0.3 is 19.8 Å². The summed E-state index contributed by atoms with van der Waals surface area (Å²) >= 11 is 0. The number of amides is 1. The summed E-state index contributed by atoms with van der Waals surface area (Å²) in [6.07, 6.45) is 19.6. The second-order valence-electron chi connectivity index (χ2n) is 11.7. The topological polar surface area (TPSA) is 107 Å². The highest BCUT2D eigenvalue weighted by atomic mass is 16.6. The Balaban J connectivity index is 1.78. The second-order valence-corrected chi connectivity index (χ2v) is 11.7. The molecule has 0 bridgehead atoms. The number of nitriles is 1. The molecule has 0 aliphatic carbocycles. The standard InChI is InChI=1S/C36H51N3O4/c1-3-4-5-6-7-8-9-10-11-12-15-18-24-39-31-22-19-21-29(36(38)41)35(31)30-26-33(43-27-34(40)42-2)28(25-32(30)39)20-16-13-14-17-23-37/h19,21-22,25-26H,3-18,20,24,27H2,1-2H3,(H2,38,41). The first kappa shape index (κ1) is 34.0. The molecule has 3 aromatic rings. The number of rotatable bonds is 22. The van der Waals surface area contributed by atoms with Crippen LogP contribution in [0.25, 0.3) is 21.8 Å². The number of aryl methyl sites for hydroxylation is 2. The van der Waals surface area contributed by atoms with Crippen molar-refractivity contribution >= 4 is 33.7 Å². The zero-order valence-electron chi connectivity index (χ0n) is 26.4. The lowest BCUT2D eigenvalue weighted by Crippen LogP contribution is -2.13. The zero-order valence-corrected chi connectivity index (χ0v) is 26.4. The fourth-order valence-electron chi connectivity index (χ4n) is 5.99. The van der Waals surface area contributed by atoms with Crippen LogP contribution in [-0.2, 0) is 22.5 Å². The number of nitrogens with zero attached hydrogens (tertiary/aromatic N) is 2. The van der Waals surface area contributed by atoms with E-state index in [9.17, 15) is 9.59 Å². The summed E-state index contributed by atoms with van der Waals surface area (Å²) in [6, 6.07) is 12.0. The summed E-state index contributed by atoms with van der Waals surface area (Å²) in [4.78, 5) is 24.4. The minimum Gasteiger partial charge on any atom is -0.482 e. The summed E-state index contributed by atoms with van der Waals surface area (Å²) < 4.78 is 13.1. The second kappa shape index (κ2) is 18.9. The van der Waals surface area contributed by atoms with Gasteiger partial charge in [-0.15, -0.1) is 0 Å². The third kappa shape index (κ3) is 10.3. The van der Waals surface area contributed by atoms with Crippen LogP contribution in [0.15, 0.2) is 30.3 Å². The number of carbonyl (C=O) groups is 2. The molecular weight excluding hydrogens is 538 g/mol. The van der Waals surface area contributed by atoms with E-state index in [2.05, 4.69) is 29.7 Å². The van der Waals surface area contributed by atoms with Gasteiger partial charge in [0.05, 0.1) is 13.2 Å². The number of unbranched alkanes of at least 4 members (excludes halogenated alkanes) is 14. The Kier molecular flexibility index (Phi) is 14.9. The number of hydrogen-bond donors (Lipinski definition) is 1. The summed E-state index contributed by atoms with van der Waals surface area (Å²) in [6.45, 7) is 2.92. The van der Waals surface area contributed by atoms with Crippen LogP contribution in [0, 0.1) is 11.3 Å². The van der Waals surface area contributed by atoms with Crippen LogP contribution in [0.4, 0.5) is 0 Å². The van der Waals surface area contributed by atoms with Crippen molar-refractivity contribution in [2.75, 3.05) is 13.7 Å². The van der Waals surface area contributed by atoms with Crippen molar-refractivity contribution < 1.29 is 19.1 Å². The summed E-state index contributed by atoms with van der Waals surface area (Å²) in [5.74, 6) is -0.303. The zero-order chi connectivity index (χ0) is 30.9. The van der Waals surface area contributed by atoms with Crippen LogP contribution in [0.5, 0.6) is 5.75 Å². The fourth-order valence-corrected chi connectivity index (χ4v) is 5.99. The SMILES string of the molecule is CCCCCCCCCCCCCCn1c2cc(CCCCCC#N)c(OCC(=O)OC)cc2c2c(C(N)=O)cccc21. The van der Waals surface area contributed by atoms with Gasteiger partial charge in [-0.05, 0) is 55.5 Å². The minimum atomic E-state index is -0.464. The van der Waals surface area contributed by atoms with Gasteiger partial charge in [-0.3, -0.25) is 4.79 Å². The van der Waals surface area contributed by atoms with Crippen LogP contribution in [0.2, 0.25) is 0 Å². The number of primary amides is 1. The lowest BCUT2D eigenvalue weighted by Gasteiger charge is -2.13. The highest BCUT2D eigenvalue weighted by molar-refractivity contribution is 6.18. The van der Waals surface area contributed by atoms with Crippen LogP contribution in [-0.4, -0.2) is 30.2 Å². The number of ether oxygens (including phenoxy) is 2. The summed E-state index contributed by atoms with van der Waals surface area (Å²) in [5.41, 5.74) is 9.35. The first-order valence-corrected chi connectivity index (χ1v) is 16.5. The Bertz CT molecular complexity index is 1350. The predicted octanol–water partition coefficient (Wildman–Crippen LogP) is 8.77. The van der Waals surface area contributed by atoms with E-state index >= 15 is 0 Å². The molecule has 0 spiro atoms. The van der Waals surface area contributed by atoms with Crippen LogP contribution in [0.1, 0.15) is 126 Å². The molecule has 0 saturated carbocycles. The van der Waals surface area contributed by atoms with Gasteiger partial charge in [-0.1, -0.05) is 90.0 Å². The number of esters is 1. The Morgan fingerprint density at radius 3 is 2.14 bits per heavy atom. The van der Waals surface area contributed by atoms with E-state index < -0.39 is 11.9 Å². The van der Waals surface area contributed by atoms with Gasteiger partial charge in [0.25, 0.3) is 0 Å². The molecule has 43 heavy (non-hydrogen) atoms. The number of fused-ring (bicyclic) bond motifs is 3. The third-order valence-corrected chi connectivity index (χ3v) is 8.38. The van der Waals surface area contributed by atoms with Crippen LogP contribution in [0.3, 0.4) is 0 Å². The Labute approximate surface area is 257 Å². The molecule has 0 unspecified atom stereocenters. The first-order valence-electron chi connectivity index (χ1n) is 16.5. The summed E-state index contributed by atoms with van der Waals surface area (Å²) in [7, 11) is 1.34. The molecule has 0 fully saturated rings. The molecule has 2 N–H and O–H groups in total. The lowest BCUT2D eigenvalue weighted by atomic mass is 10.0. The van der Waals surface area contributed by atoms with Gasteiger partial charge in [-0.25, -0.2) is 4.79 Å². The molecule has 1 heterocycles. The van der Waals surface area contributed by atoms with E-state index in [0.29, 0.717) is 17.7 Å².